The van der Waals surface area contributed by atoms with Crippen molar-refractivity contribution in [3.63, 3.8) is 0 Å². The molecule has 0 unspecified atom stereocenters. The van der Waals surface area contributed by atoms with E-state index < -0.39 is 24.7 Å². The molecule has 1 amide bonds. The summed E-state index contributed by atoms with van der Waals surface area (Å²) in [5, 5.41) is 2.42. The maximum Gasteiger partial charge on any atom is 0.408 e. The van der Waals surface area contributed by atoms with Crippen LogP contribution in [0.3, 0.4) is 0 Å². The molecule has 0 spiro atoms. The van der Waals surface area contributed by atoms with Gasteiger partial charge in [-0.1, -0.05) is 23.7 Å². The van der Waals surface area contributed by atoms with Gasteiger partial charge in [0.15, 0.2) is 6.61 Å². The van der Waals surface area contributed by atoms with Crippen LogP contribution in [0.1, 0.15) is 11.6 Å². The molecule has 0 saturated carbocycles. The molecule has 1 saturated heterocycles. The first-order valence-electron chi connectivity index (χ1n) is 4.55. The summed E-state index contributed by atoms with van der Waals surface area (Å²) in [6.45, 7) is -0.921. The van der Waals surface area contributed by atoms with E-state index in [0.29, 0.717) is 5.02 Å². The number of alkyl carbamates (subject to hydrolysis) is 1. The number of carbonyl (C=O) groups excluding carboxylic acids is 1. The van der Waals surface area contributed by atoms with E-state index in [-0.39, 0.29) is 18.0 Å². The molecular formula is C10H9Cl2F2NO2. The van der Waals surface area contributed by atoms with Crippen LogP contribution in [0, 0.1) is 0 Å². The number of ether oxygens (including phenoxy) is 1. The Kier molecular flexibility index (Phi) is 4.16. The van der Waals surface area contributed by atoms with Crippen LogP contribution in [0.5, 0.6) is 0 Å². The zero-order valence-electron chi connectivity index (χ0n) is 8.45. The van der Waals surface area contributed by atoms with E-state index >= 15 is 0 Å². The Bertz CT molecular complexity index is 429. The first-order valence-corrected chi connectivity index (χ1v) is 4.93. The summed E-state index contributed by atoms with van der Waals surface area (Å²) in [7, 11) is 0. The van der Waals surface area contributed by atoms with Crippen molar-refractivity contribution < 1.29 is 18.3 Å². The molecule has 1 atom stereocenters. The summed E-state index contributed by atoms with van der Waals surface area (Å²) in [5.74, 6) is -3.14. The van der Waals surface area contributed by atoms with Crippen LogP contribution in [0.25, 0.3) is 0 Å². The number of carbonyl (C=O) groups is 1. The third-order valence-electron chi connectivity index (χ3n) is 2.26. The number of nitrogens with one attached hydrogen (secondary N) is 1. The highest BCUT2D eigenvalue weighted by Crippen LogP contribution is 2.35. The molecule has 1 heterocycles. The molecule has 0 aromatic heterocycles. The van der Waals surface area contributed by atoms with Crippen molar-refractivity contribution in [2.75, 3.05) is 6.61 Å². The van der Waals surface area contributed by atoms with Crippen LogP contribution in [0.2, 0.25) is 5.02 Å². The second-order valence-corrected chi connectivity index (χ2v) is 3.91. The normalized spacial score (nSPS) is 22.1. The van der Waals surface area contributed by atoms with E-state index in [1.807, 2.05) is 0 Å². The predicted molar refractivity (Wildman–Crippen MR) is 60.9 cm³/mol. The maximum absolute atomic E-state index is 13.5. The first-order chi connectivity index (χ1) is 7.49. The molecule has 0 aliphatic carbocycles. The molecule has 17 heavy (non-hydrogen) atoms. The van der Waals surface area contributed by atoms with Gasteiger partial charge in [-0.3, -0.25) is 0 Å². The van der Waals surface area contributed by atoms with Crippen molar-refractivity contribution >= 4 is 30.1 Å². The molecule has 1 aromatic carbocycles. The van der Waals surface area contributed by atoms with Crippen LogP contribution >= 0.6 is 24.0 Å². The van der Waals surface area contributed by atoms with Crippen LogP contribution in [0.4, 0.5) is 13.6 Å². The third kappa shape index (κ3) is 2.98. The van der Waals surface area contributed by atoms with Gasteiger partial charge in [-0.05, 0) is 17.7 Å². The lowest BCUT2D eigenvalue weighted by molar-refractivity contribution is -0.104. The molecule has 1 N–H and O–H groups in total. The Morgan fingerprint density at radius 3 is 2.82 bits per heavy atom. The van der Waals surface area contributed by atoms with E-state index in [4.69, 9.17) is 11.6 Å². The second kappa shape index (κ2) is 5.06. The quantitative estimate of drug-likeness (QED) is 0.860. The molecule has 3 nitrogen and oxygen atoms in total. The molecule has 1 fully saturated rings. The first kappa shape index (κ1) is 14.0. The fourth-order valence-electron chi connectivity index (χ4n) is 1.52. The molecule has 1 aliphatic rings. The van der Waals surface area contributed by atoms with Crippen molar-refractivity contribution in [2.24, 2.45) is 0 Å². The topological polar surface area (TPSA) is 38.3 Å². The Balaban J connectivity index is 0.00000144. The number of benzene rings is 1. The van der Waals surface area contributed by atoms with Gasteiger partial charge in [0.2, 0.25) is 0 Å². The maximum atomic E-state index is 13.5. The highest BCUT2D eigenvalue weighted by Gasteiger charge is 2.46. The van der Waals surface area contributed by atoms with Crippen LogP contribution in [-0.4, -0.2) is 18.6 Å². The fraction of sp³-hybridized carbons (Fsp3) is 0.300. The van der Waals surface area contributed by atoms with Crippen molar-refractivity contribution in [3.05, 3.63) is 34.9 Å². The summed E-state index contributed by atoms with van der Waals surface area (Å²) >= 11 is 5.70. The lowest BCUT2D eigenvalue weighted by Crippen LogP contribution is -2.49. The number of rotatable bonds is 1. The van der Waals surface area contributed by atoms with Gasteiger partial charge in [-0.15, -0.1) is 12.4 Å². The largest absolute Gasteiger partial charge is 0.443 e. The number of amides is 1. The molecular weight excluding hydrogens is 275 g/mol. The Hall–Kier alpha value is -1.07. The van der Waals surface area contributed by atoms with Gasteiger partial charge in [0.25, 0.3) is 0 Å². The number of cyclic esters (lactones) is 1. The Morgan fingerprint density at radius 2 is 2.18 bits per heavy atom. The highest BCUT2D eigenvalue weighted by molar-refractivity contribution is 6.30. The van der Waals surface area contributed by atoms with Crippen molar-refractivity contribution in [1.82, 2.24) is 5.32 Å². The molecule has 0 radical (unpaired) electrons. The summed E-state index contributed by atoms with van der Waals surface area (Å²) in [6, 6.07) is 4.61. The van der Waals surface area contributed by atoms with Crippen LogP contribution in [-0.2, 0) is 4.74 Å². The number of hydrogen-bond acceptors (Lipinski definition) is 2. The van der Waals surface area contributed by atoms with Gasteiger partial charge in [0.1, 0.15) is 6.04 Å². The second-order valence-electron chi connectivity index (χ2n) is 3.47. The van der Waals surface area contributed by atoms with E-state index in [0.717, 1.165) is 0 Å². The number of halogens is 4. The van der Waals surface area contributed by atoms with Gasteiger partial charge in [0, 0.05) is 5.02 Å². The molecule has 1 aromatic rings. The minimum Gasteiger partial charge on any atom is -0.443 e. The number of hydrogen-bond donors (Lipinski definition) is 1. The van der Waals surface area contributed by atoms with E-state index in [1.165, 1.54) is 12.1 Å². The number of alkyl halides is 2. The lowest BCUT2D eigenvalue weighted by Gasteiger charge is -2.31. The predicted octanol–water partition coefficient (Wildman–Crippen LogP) is 3.18. The smallest absolute Gasteiger partial charge is 0.408 e. The molecule has 1 aliphatic heterocycles. The van der Waals surface area contributed by atoms with Gasteiger partial charge in [-0.25, -0.2) is 13.6 Å². The minimum atomic E-state index is -3.14. The van der Waals surface area contributed by atoms with Crippen molar-refractivity contribution in [3.8, 4) is 0 Å². The minimum absolute atomic E-state index is 0. The van der Waals surface area contributed by atoms with E-state index in [1.54, 1.807) is 12.1 Å². The van der Waals surface area contributed by atoms with Crippen LogP contribution < -0.4 is 5.32 Å². The zero-order chi connectivity index (χ0) is 11.8. The molecule has 94 valence electrons. The fourth-order valence-corrected chi connectivity index (χ4v) is 1.72. The van der Waals surface area contributed by atoms with E-state index in [9.17, 15) is 13.6 Å². The van der Waals surface area contributed by atoms with Gasteiger partial charge < -0.3 is 10.1 Å². The lowest BCUT2D eigenvalue weighted by atomic mass is 10.0. The SMILES string of the molecule is Cl.O=C1N[C@@H](c2cccc(Cl)c2)C(F)(F)CO1. The van der Waals surface area contributed by atoms with Gasteiger partial charge in [0.05, 0.1) is 0 Å². The summed E-state index contributed by atoms with van der Waals surface area (Å²) in [5.41, 5.74) is 0.258. The summed E-state index contributed by atoms with van der Waals surface area (Å²) < 4.78 is 31.2. The van der Waals surface area contributed by atoms with Crippen molar-refractivity contribution in [1.29, 1.82) is 0 Å². The van der Waals surface area contributed by atoms with Crippen LogP contribution in [0.15, 0.2) is 24.3 Å². The van der Waals surface area contributed by atoms with Gasteiger partial charge >= 0.3 is 12.0 Å². The standard InChI is InChI=1S/C10H8ClF2NO2.ClH/c11-7-3-1-2-6(4-7)8-10(12,13)5-16-9(15)14-8;/h1-4,8H,5H2,(H,14,15);1H/t8-;/m0./s1. The third-order valence-corrected chi connectivity index (χ3v) is 2.50. The molecule has 2 rings (SSSR count). The monoisotopic (exact) mass is 283 g/mol. The highest BCUT2D eigenvalue weighted by atomic mass is 35.5. The average Bonchev–Trinajstić information content (AvgIpc) is 2.22. The Morgan fingerprint density at radius 1 is 1.47 bits per heavy atom. The average molecular weight is 284 g/mol. The Labute approximate surface area is 107 Å². The summed E-state index contributed by atoms with van der Waals surface area (Å²) in [6.07, 6.45) is -0.851. The molecule has 0 bridgehead atoms. The zero-order valence-corrected chi connectivity index (χ0v) is 10.0. The summed E-state index contributed by atoms with van der Waals surface area (Å²) in [4.78, 5) is 10.9. The van der Waals surface area contributed by atoms with Gasteiger partial charge in [-0.2, -0.15) is 0 Å². The molecule has 7 heteroatoms. The van der Waals surface area contributed by atoms with Crippen molar-refractivity contribution in [2.45, 2.75) is 12.0 Å². The van der Waals surface area contributed by atoms with E-state index in [2.05, 4.69) is 10.1 Å².